The second-order valence-electron chi connectivity index (χ2n) is 26.0. The van der Waals surface area contributed by atoms with Gasteiger partial charge < -0.3 is 9.80 Å². The lowest BCUT2D eigenvalue weighted by Crippen LogP contribution is -2.60. The molecule has 69 heavy (non-hydrogen) atoms. The van der Waals surface area contributed by atoms with Gasteiger partial charge >= 0.3 is 0 Å². The van der Waals surface area contributed by atoms with Gasteiger partial charge in [-0.25, -0.2) is 0 Å². The minimum Gasteiger partial charge on any atom is -0.311 e. The van der Waals surface area contributed by atoms with E-state index in [2.05, 4.69) is 233 Å². The van der Waals surface area contributed by atoms with Crippen molar-refractivity contribution in [3.8, 4) is 11.1 Å². The van der Waals surface area contributed by atoms with Gasteiger partial charge in [-0.2, -0.15) is 0 Å². The number of hydrogen-bond donors (Lipinski definition) is 0. The van der Waals surface area contributed by atoms with Crippen molar-refractivity contribution < 1.29 is 0 Å². The Hall–Kier alpha value is -4.84. The largest absolute Gasteiger partial charge is 0.311 e. The van der Waals surface area contributed by atoms with Gasteiger partial charge in [0.25, 0.3) is 6.71 Å². The molecule has 2 aliphatic carbocycles. The van der Waals surface area contributed by atoms with Crippen molar-refractivity contribution in [3.05, 3.63) is 143 Å². The molecule has 5 heteroatoms. The smallest absolute Gasteiger partial charge is 0.264 e. The standard InChI is InChI=1S/C64H75BN2SSi/c1-38-32-56-59-57(33-38)67(54-31-28-47(69(13,14)15)35-50(54)42-18-21-43(22-19-42)62(4,5)6)60-52-36-51-48-29-20-41(17-16-39(48)2)40(3)49(51)37-58(52)68-61(60)65(59)53-34-45(64(10,11)12)25-30-55(53)66(56)46-26-23-44(24-27-46)63(7,8)9/h18-19,21-28,30-37,39-41,48H,16-17,20,29H2,1-15H3. The van der Waals surface area contributed by atoms with E-state index in [1.165, 1.54) is 124 Å². The van der Waals surface area contributed by atoms with Gasteiger partial charge in [-0.3, -0.25) is 0 Å². The van der Waals surface area contributed by atoms with E-state index in [-0.39, 0.29) is 23.0 Å². The van der Waals surface area contributed by atoms with Gasteiger partial charge in [0.1, 0.15) is 0 Å². The van der Waals surface area contributed by atoms with Gasteiger partial charge in [0, 0.05) is 43.2 Å². The first kappa shape index (κ1) is 46.5. The highest BCUT2D eigenvalue weighted by molar-refractivity contribution is 7.33. The Morgan fingerprint density at radius 2 is 1.17 bits per heavy atom. The molecule has 1 aromatic heterocycles. The van der Waals surface area contributed by atoms with E-state index < -0.39 is 8.07 Å². The molecule has 2 bridgehead atoms. The third kappa shape index (κ3) is 7.70. The monoisotopic (exact) mass is 943 g/mol. The van der Waals surface area contributed by atoms with Gasteiger partial charge in [-0.1, -0.05) is 162 Å². The zero-order valence-corrected chi connectivity index (χ0v) is 46.2. The molecular weight excluding hydrogens is 868 g/mol. The van der Waals surface area contributed by atoms with Crippen LogP contribution in [0.1, 0.15) is 147 Å². The highest BCUT2D eigenvalue weighted by Crippen LogP contribution is 2.55. The van der Waals surface area contributed by atoms with E-state index in [9.17, 15) is 0 Å². The Morgan fingerprint density at radius 3 is 1.81 bits per heavy atom. The van der Waals surface area contributed by atoms with Crippen molar-refractivity contribution in [1.29, 1.82) is 0 Å². The highest BCUT2D eigenvalue weighted by atomic mass is 32.1. The first-order valence-corrected chi connectivity index (χ1v) is 30.6. The molecule has 0 amide bonds. The van der Waals surface area contributed by atoms with Crippen LogP contribution >= 0.6 is 11.3 Å². The summed E-state index contributed by atoms with van der Waals surface area (Å²) in [6.07, 6.45) is 5.36. The van der Waals surface area contributed by atoms with Crippen LogP contribution in [0.5, 0.6) is 0 Å². The summed E-state index contributed by atoms with van der Waals surface area (Å²) < 4.78 is 2.92. The van der Waals surface area contributed by atoms with Gasteiger partial charge in [-0.05, 0) is 171 Å². The minimum atomic E-state index is -1.70. The second kappa shape index (κ2) is 16.1. The van der Waals surface area contributed by atoms with E-state index in [0.717, 1.165) is 5.92 Å². The molecule has 2 nitrogen and oxygen atoms in total. The molecule has 2 aliphatic heterocycles. The maximum absolute atomic E-state index is 2.77. The molecule has 0 N–H and O–H groups in total. The molecular formula is C64H75BN2SSi. The van der Waals surface area contributed by atoms with E-state index in [0.29, 0.717) is 17.8 Å². The van der Waals surface area contributed by atoms with Crippen molar-refractivity contribution in [2.75, 3.05) is 9.80 Å². The van der Waals surface area contributed by atoms with E-state index in [4.69, 9.17) is 0 Å². The van der Waals surface area contributed by atoms with Crippen molar-refractivity contribution in [2.24, 2.45) is 11.8 Å². The van der Waals surface area contributed by atoms with E-state index >= 15 is 0 Å². The predicted molar refractivity (Wildman–Crippen MR) is 307 cm³/mol. The molecule has 0 spiro atoms. The van der Waals surface area contributed by atoms with Gasteiger partial charge in [0.2, 0.25) is 0 Å². The van der Waals surface area contributed by atoms with Crippen LogP contribution in [0, 0.1) is 18.8 Å². The third-order valence-corrected chi connectivity index (χ3v) is 20.4. The Kier molecular flexibility index (Phi) is 10.9. The molecule has 11 rings (SSSR count). The van der Waals surface area contributed by atoms with E-state index in [1.54, 1.807) is 11.1 Å². The number of hydrogen-bond acceptors (Lipinski definition) is 3. The quantitative estimate of drug-likeness (QED) is 0.162. The Bertz CT molecular complexity index is 3170. The average molecular weight is 943 g/mol. The number of anilines is 6. The van der Waals surface area contributed by atoms with Crippen LogP contribution in [0.4, 0.5) is 34.1 Å². The minimum absolute atomic E-state index is 0.00787. The van der Waals surface area contributed by atoms with Crippen molar-refractivity contribution in [1.82, 2.24) is 0 Å². The Labute approximate surface area is 420 Å². The van der Waals surface area contributed by atoms with Crippen LogP contribution in [0.15, 0.2) is 109 Å². The maximum Gasteiger partial charge on any atom is 0.264 e. The summed E-state index contributed by atoms with van der Waals surface area (Å²) in [5.41, 5.74) is 22.0. The molecule has 7 aromatic rings. The van der Waals surface area contributed by atoms with Crippen LogP contribution in [0.25, 0.3) is 21.2 Å². The second-order valence-corrected chi connectivity index (χ2v) is 32.2. The number of aryl methyl sites for hydroxylation is 1. The number of thiophene rings is 1. The third-order valence-electron chi connectivity index (χ3n) is 17.2. The molecule has 0 radical (unpaired) electrons. The lowest BCUT2D eigenvalue weighted by molar-refractivity contribution is 0.377. The molecule has 4 atom stereocenters. The van der Waals surface area contributed by atoms with Crippen molar-refractivity contribution >= 4 is 91.2 Å². The summed E-state index contributed by atoms with van der Waals surface area (Å²) in [7, 11) is -1.70. The molecule has 3 heterocycles. The number of nitrogens with zero attached hydrogens (tertiary/aromatic N) is 2. The topological polar surface area (TPSA) is 6.48 Å². The maximum atomic E-state index is 2.77. The summed E-state index contributed by atoms with van der Waals surface area (Å²) in [6.45, 7) is 36.1. The first-order valence-electron chi connectivity index (χ1n) is 26.3. The summed E-state index contributed by atoms with van der Waals surface area (Å²) in [5.74, 6) is 2.63. The molecule has 1 saturated carbocycles. The summed E-state index contributed by atoms with van der Waals surface area (Å²) in [4.78, 5) is 5.38. The van der Waals surface area contributed by atoms with Crippen LogP contribution < -0.4 is 30.7 Å². The molecule has 6 aromatic carbocycles. The van der Waals surface area contributed by atoms with E-state index in [1.807, 2.05) is 0 Å². The van der Waals surface area contributed by atoms with Crippen molar-refractivity contribution in [2.45, 2.75) is 156 Å². The Balaban J connectivity index is 1.26. The van der Waals surface area contributed by atoms with Gasteiger partial charge in [0.15, 0.2) is 0 Å². The zero-order chi connectivity index (χ0) is 48.9. The van der Waals surface area contributed by atoms with Crippen LogP contribution in [-0.2, 0) is 16.2 Å². The highest BCUT2D eigenvalue weighted by Gasteiger charge is 2.47. The SMILES string of the molecule is Cc1cc2c3c(c1)N(c1ccc([Si](C)(C)C)cc1-c1ccc(C(C)(C)C)cc1)c1c(sc4cc5c(cc14)C1CCC(CCC1C)C5C)B3c1cc(C(C)(C)C)ccc1N2c1ccc(C(C)(C)C)cc1. The fourth-order valence-electron chi connectivity index (χ4n) is 12.8. The zero-order valence-electron chi connectivity index (χ0n) is 44.4. The summed E-state index contributed by atoms with van der Waals surface area (Å²) in [6, 6.07) is 44.6. The fourth-order valence-corrected chi connectivity index (χ4v) is 15.3. The van der Waals surface area contributed by atoms with Crippen LogP contribution in [0.3, 0.4) is 0 Å². The van der Waals surface area contributed by atoms with Crippen LogP contribution in [0.2, 0.25) is 19.6 Å². The number of rotatable bonds is 4. The van der Waals surface area contributed by atoms with Crippen molar-refractivity contribution in [3.63, 3.8) is 0 Å². The molecule has 4 aliphatic rings. The number of fused-ring (bicyclic) bond motifs is 11. The van der Waals surface area contributed by atoms with Gasteiger partial charge in [-0.15, -0.1) is 11.3 Å². The predicted octanol–water partition coefficient (Wildman–Crippen LogP) is 16.4. The molecule has 0 saturated heterocycles. The molecule has 354 valence electrons. The first-order chi connectivity index (χ1) is 32.5. The molecule has 1 fully saturated rings. The number of benzene rings is 6. The lowest BCUT2D eigenvalue weighted by Gasteiger charge is -2.44. The van der Waals surface area contributed by atoms with Gasteiger partial charge in [0.05, 0.1) is 19.4 Å². The lowest BCUT2D eigenvalue weighted by atomic mass is 9.36. The Morgan fingerprint density at radius 1 is 0.580 bits per heavy atom. The normalized spacial score (nSPS) is 20.1. The average Bonchev–Trinajstić information content (AvgIpc) is 3.45. The molecule has 4 unspecified atom stereocenters. The summed E-state index contributed by atoms with van der Waals surface area (Å²) in [5, 5.41) is 2.93. The van der Waals surface area contributed by atoms with Crippen LogP contribution in [-0.4, -0.2) is 14.8 Å². The fraction of sp³-hybridized carbons (Fsp3) is 0.406. The summed E-state index contributed by atoms with van der Waals surface area (Å²) >= 11 is 2.09.